The highest BCUT2D eigenvalue weighted by Gasteiger charge is 2.34. The molecule has 2 aromatic heterocycles. The number of urea groups is 1. The summed E-state index contributed by atoms with van der Waals surface area (Å²) in [5.74, 6) is 1.01. The number of hydrogen-bond donors (Lipinski definition) is 1. The minimum absolute atomic E-state index is 0.173. The molecule has 126 valence electrons. The highest BCUT2D eigenvalue weighted by atomic mass is 16.5. The molecule has 0 radical (unpaired) electrons. The van der Waals surface area contributed by atoms with Crippen molar-refractivity contribution in [1.82, 2.24) is 20.0 Å². The first-order valence-corrected chi connectivity index (χ1v) is 8.18. The number of hydrogen-bond acceptors (Lipinski definition) is 5. The predicted octanol–water partition coefficient (Wildman–Crippen LogP) is 3.50. The van der Waals surface area contributed by atoms with E-state index < -0.39 is 0 Å². The molecule has 25 heavy (non-hydrogen) atoms. The number of amides is 2. The van der Waals surface area contributed by atoms with Crippen LogP contribution < -0.4 is 5.32 Å². The van der Waals surface area contributed by atoms with Gasteiger partial charge in [-0.3, -0.25) is 4.98 Å². The Hall–Kier alpha value is -3.22. The quantitative estimate of drug-likeness (QED) is 0.792. The summed E-state index contributed by atoms with van der Waals surface area (Å²) in [5.41, 5.74) is 1.60. The van der Waals surface area contributed by atoms with E-state index in [1.807, 2.05) is 30.3 Å². The Morgan fingerprint density at radius 2 is 1.96 bits per heavy atom. The Bertz CT molecular complexity index is 850. The van der Waals surface area contributed by atoms with Gasteiger partial charge in [-0.25, -0.2) is 4.79 Å². The smallest absolute Gasteiger partial charge is 0.322 e. The topological polar surface area (TPSA) is 84.2 Å². The molecule has 1 N–H and O–H groups in total. The minimum Gasteiger partial charge on any atom is -0.337 e. The fourth-order valence-corrected chi connectivity index (χ4v) is 2.97. The zero-order chi connectivity index (χ0) is 17.1. The molecule has 3 aromatic rings. The second-order valence-corrected chi connectivity index (χ2v) is 5.84. The number of nitrogens with one attached hydrogen (secondary N) is 1. The number of carbonyl (C=O) groups is 1. The fraction of sp³-hybridized carbons (Fsp3) is 0.222. The summed E-state index contributed by atoms with van der Waals surface area (Å²) in [6, 6.07) is 12.8. The molecular formula is C18H17N5O2. The summed E-state index contributed by atoms with van der Waals surface area (Å²) in [4.78, 5) is 22.8. The van der Waals surface area contributed by atoms with E-state index in [-0.39, 0.29) is 12.1 Å². The molecule has 1 fully saturated rings. The van der Waals surface area contributed by atoms with Gasteiger partial charge < -0.3 is 14.7 Å². The summed E-state index contributed by atoms with van der Waals surface area (Å²) in [5, 5.41) is 6.94. The van der Waals surface area contributed by atoms with Gasteiger partial charge in [0.25, 0.3) is 0 Å². The van der Waals surface area contributed by atoms with E-state index in [0.717, 1.165) is 18.4 Å². The molecule has 0 aliphatic carbocycles. The molecule has 3 heterocycles. The summed E-state index contributed by atoms with van der Waals surface area (Å²) in [6.45, 7) is 0.657. The maximum atomic E-state index is 12.6. The van der Waals surface area contributed by atoms with Crippen molar-refractivity contribution in [3.8, 4) is 11.4 Å². The van der Waals surface area contributed by atoms with Gasteiger partial charge in [0.15, 0.2) is 0 Å². The van der Waals surface area contributed by atoms with Crippen LogP contribution in [0, 0.1) is 0 Å². The van der Waals surface area contributed by atoms with Crippen molar-refractivity contribution < 1.29 is 9.32 Å². The lowest BCUT2D eigenvalue weighted by Crippen LogP contribution is -2.34. The van der Waals surface area contributed by atoms with Gasteiger partial charge in [-0.1, -0.05) is 35.5 Å². The van der Waals surface area contributed by atoms with E-state index in [4.69, 9.17) is 4.52 Å². The lowest BCUT2D eigenvalue weighted by Gasteiger charge is -2.22. The summed E-state index contributed by atoms with van der Waals surface area (Å²) >= 11 is 0. The van der Waals surface area contributed by atoms with Crippen LogP contribution in [0.25, 0.3) is 11.4 Å². The molecule has 4 rings (SSSR count). The number of aromatic nitrogens is 3. The molecule has 1 atom stereocenters. The van der Waals surface area contributed by atoms with Crippen LogP contribution in [0.4, 0.5) is 10.5 Å². The van der Waals surface area contributed by atoms with Gasteiger partial charge in [-0.15, -0.1) is 0 Å². The van der Waals surface area contributed by atoms with E-state index in [0.29, 0.717) is 23.9 Å². The lowest BCUT2D eigenvalue weighted by atomic mass is 10.2. The van der Waals surface area contributed by atoms with E-state index in [1.54, 1.807) is 29.4 Å². The molecule has 2 amide bonds. The number of benzene rings is 1. The molecule has 1 aliphatic rings. The number of nitrogens with zero attached hydrogens (tertiary/aromatic N) is 4. The van der Waals surface area contributed by atoms with Crippen LogP contribution in [0.2, 0.25) is 0 Å². The molecule has 0 saturated carbocycles. The highest BCUT2D eigenvalue weighted by Crippen LogP contribution is 2.32. The summed E-state index contributed by atoms with van der Waals surface area (Å²) in [7, 11) is 0. The Morgan fingerprint density at radius 1 is 1.16 bits per heavy atom. The highest BCUT2D eigenvalue weighted by molar-refractivity contribution is 5.89. The van der Waals surface area contributed by atoms with Crippen molar-refractivity contribution in [2.24, 2.45) is 0 Å². The van der Waals surface area contributed by atoms with Crippen molar-refractivity contribution in [2.75, 3.05) is 11.9 Å². The van der Waals surface area contributed by atoms with Gasteiger partial charge in [-0.05, 0) is 25.0 Å². The van der Waals surface area contributed by atoms with Gasteiger partial charge in [0.05, 0.1) is 0 Å². The van der Waals surface area contributed by atoms with Crippen LogP contribution in [0.3, 0.4) is 0 Å². The standard InChI is InChI=1S/C18H17N5O2/c24-18(20-14-8-10-19-11-9-14)23-12-4-7-15(23)17-21-16(22-25-17)13-5-2-1-3-6-13/h1-3,5-6,8-11,15H,4,7,12H2,(H,19,20,24)/t15-/m0/s1. The molecule has 7 nitrogen and oxygen atoms in total. The third kappa shape index (κ3) is 3.21. The summed E-state index contributed by atoms with van der Waals surface area (Å²) in [6.07, 6.45) is 4.99. The third-order valence-corrected chi connectivity index (χ3v) is 4.20. The number of anilines is 1. The molecule has 0 spiro atoms. The first-order valence-electron chi connectivity index (χ1n) is 8.18. The molecular weight excluding hydrogens is 318 g/mol. The third-order valence-electron chi connectivity index (χ3n) is 4.20. The monoisotopic (exact) mass is 335 g/mol. The first kappa shape index (κ1) is 15.3. The van der Waals surface area contributed by atoms with Gasteiger partial charge in [0.2, 0.25) is 11.7 Å². The number of rotatable bonds is 3. The maximum Gasteiger partial charge on any atom is 0.322 e. The molecule has 7 heteroatoms. The van der Waals surface area contributed by atoms with Crippen molar-refractivity contribution >= 4 is 11.7 Å². The average Bonchev–Trinajstić information content (AvgIpc) is 3.32. The van der Waals surface area contributed by atoms with Crippen molar-refractivity contribution in [3.05, 3.63) is 60.7 Å². The summed E-state index contributed by atoms with van der Waals surface area (Å²) < 4.78 is 5.44. The second-order valence-electron chi connectivity index (χ2n) is 5.84. The van der Waals surface area contributed by atoms with Crippen LogP contribution in [0.15, 0.2) is 59.4 Å². The predicted molar refractivity (Wildman–Crippen MR) is 91.7 cm³/mol. The lowest BCUT2D eigenvalue weighted by molar-refractivity contribution is 0.193. The Morgan fingerprint density at radius 3 is 2.76 bits per heavy atom. The van der Waals surface area contributed by atoms with Crippen LogP contribution in [-0.4, -0.2) is 32.6 Å². The Balaban J connectivity index is 1.52. The van der Waals surface area contributed by atoms with Crippen LogP contribution >= 0.6 is 0 Å². The van der Waals surface area contributed by atoms with E-state index in [9.17, 15) is 4.79 Å². The van der Waals surface area contributed by atoms with Crippen molar-refractivity contribution in [3.63, 3.8) is 0 Å². The number of likely N-dealkylation sites (tertiary alicyclic amines) is 1. The van der Waals surface area contributed by atoms with Crippen molar-refractivity contribution in [1.29, 1.82) is 0 Å². The molecule has 0 bridgehead atoms. The number of pyridine rings is 1. The molecule has 1 saturated heterocycles. The van der Waals surface area contributed by atoms with Gasteiger partial charge in [0, 0.05) is 30.2 Å². The van der Waals surface area contributed by atoms with E-state index >= 15 is 0 Å². The van der Waals surface area contributed by atoms with Crippen LogP contribution in [0.1, 0.15) is 24.8 Å². The van der Waals surface area contributed by atoms with E-state index in [1.165, 1.54) is 0 Å². The Labute approximate surface area is 144 Å². The average molecular weight is 335 g/mol. The van der Waals surface area contributed by atoms with Crippen LogP contribution in [-0.2, 0) is 0 Å². The normalized spacial score (nSPS) is 16.8. The SMILES string of the molecule is O=C(Nc1ccncc1)N1CCC[C@H]1c1nc(-c2ccccc2)no1. The second kappa shape index (κ2) is 6.72. The first-order chi connectivity index (χ1) is 12.3. The zero-order valence-corrected chi connectivity index (χ0v) is 13.5. The zero-order valence-electron chi connectivity index (χ0n) is 13.5. The minimum atomic E-state index is -0.202. The van der Waals surface area contributed by atoms with Crippen LogP contribution in [0.5, 0.6) is 0 Å². The van der Waals surface area contributed by atoms with Crippen molar-refractivity contribution in [2.45, 2.75) is 18.9 Å². The largest absolute Gasteiger partial charge is 0.337 e. The Kier molecular flexibility index (Phi) is 4.12. The van der Waals surface area contributed by atoms with Gasteiger partial charge >= 0.3 is 6.03 Å². The fourth-order valence-electron chi connectivity index (χ4n) is 2.97. The molecule has 1 aromatic carbocycles. The molecule has 0 unspecified atom stereocenters. The number of carbonyl (C=O) groups excluding carboxylic acids is 1. The van der Waals surface area contributed by atoms with E-state index in [2.05, 4.69) is 20.4 Å². The van der Waals surface area contributed by atoms with Gasteiger partial charge in [-0.2, -0.15) is 4.98 Å². The van der Waals surface area contributed by atoms with Gasteiger partial charge in [0.1, 0.15) is 6.04 Å². The maximum absolute atomic E-state index is 12.6. The molecule has 1 aliphatic heterocycles.